The lowest BCUT2D eigenvalue weighted by Crippen LogP contribution is -2.09. The molecule has 0 spiro atoms. The molecule has 8 heteroatoms. The van der Waals surface area contributed by atoms with E-state index in [4.69, 9.17) is 5.26 Å². The van der Waals surface area contributed by atoms with Crippen molar-refractivity contribution < 1.29 is 4.92 Å². The van der Waals surface area contributed by atoms with Gasteiger partial charge in [0, 0.05) is 12.4 Å². The van der Waals surface area contributed by atoms with Crippen LogP contribution in [0.3, 0.4) is 0 Å². The van der Waals surface area contributed by atoms with Gasteiger partial charge in [0.25, 0.3) is 0 Å². The number of nitriles is 1. The molecule has 2 aromatic rings. The summed E-state index contributed by atoms with van der Waals surface area (Å²) >= 11 is 0. The number of nitrogens with one attached hydrogen (secondary N) is 1. The van der Waals surface area contributed by atoms with E-state index in [1.54, 1.807) is 0 Å². The number of nitrogens with zero attached hydrogens (tertiary/aromatic N) is 5. The maximum Gasteiger partial charge on any atom is 0.328 e. The molecule has 2 heterocycles. The first kappa shape index (κ1) is 15.0. The molecule has 3 rings (SSSR count). The molecule has 0 bridgehead atoms. The van der Waals surface area contributed by atoms with Crippen LogP contribution in [0.25, 0.3) is 0 Å². The standard InChI is InChI=1S/C15H16N6O2/c16-9-11-5-7-17-15(14(11)21(22)23)18-10-12-6-8-20(19-12)13-3-1-2-4-13/h5-8,13H,1-4,10H2,(H,17,18). The highest BCUT2D eigenvalue weighted by molar-refractivity contribution is 5.64. The summed E-state index contributed by atoms with van der Waals surface area (Å²) in [6.45, 7) is 0.322. The number of aromatic nitrogens is 3. The summed E-state index contributed by atoms with van der Waals surface area (Å²) < 4.78 is 1.97. The van der Waals surface area contributed by atoms with Crippen molar-refractivity contribution in [1.29, 1.82) is 5.26 Å². The average Bonchev–Trinajstić information content (AvgIpc) is 3.23. The quantitative estimate of drug-likeness (QED) is 0.671. The minimum absolute atomic E-state index is 0.0102. The Morgan fingerprint density at radius 3 is 2.91 bits per heavy atom. The predicted octanol–water partition coefficient (Wildman–Crippen LogP) is 2.79. The smallest absolute Gasteiger partial charge is 0.328 e. The van der Waals surface area contributed by atoms with Crippen LogP contribution in [0.4, 0.5) is 11.5 Å². The van der Waals surface area contributed by atoms with Crippen LogP contribution < -0.4 is 5.32 Å². The molecule has 1 N–H and O–H groups in total. The van der Waals surface area contributed by atoms with Crippen molar-refractivity contribution in [2.75, 3.05) is 5.32 Å². The van der Waals surface area contributed by atoms with Gasteiger partial charge in [-0.25, -0.2) is 4.98 Å². The van der Waals surface area contributed by atoms with Crippen molar-refractivity contribution in [2.45, 2.75) is 38.3 Å². The van der Waals surface area contributed by atoms with E-state index in [0.29, 0.717) is 12.6 Å². The molecular weight excluding hydrogens is 296 g/mol. The highest BCUT2D eigenvalue weighted by Gasteiger charge is 2.21. The summed E-state index contributed by atoms with van der Waals surface area (Å²) in [4.78, 5) is 14.5. The Kier molecular flexibility index (Phi) is 4.19. The third-order valence-corrected chi connectivity index (χ3v) is 4.03. The highest BCUT2D eigenvalue weighted by Crippen LogP contribution is 2.29. The zero-order valence-corrected chi connectivity index (χ0v) is 12.5. The van der Waals surface area contributed by atoms with Crippen LogP contribution in [0.5, 0.6) is 0 Å². The van der Waals surface area contributed by atoms with Gasteiger partial charge in [-0.1, -0.05) is 12.8 Å². The third kappa shape index (κ3) is 3.13. The number of hydrogen-bond acceptors (Lipinski definition) is 6. The van der Waals surface area contributed by atoms with E-state index < -0.39 is 4.92 Å². The molecule has 0 amide bonds. The van der Waals surface area contributed by atoms with Gasteiger partial charge in [0.05, 0.1) is 23.2 Å². The highest BCUT2D eigenvalue weighted by atomic mass is 16.6. The number of rotatable bonds is 5. The molecule has 0 atom stereocenters. The zero-order chi connectivity index (χ0) is 16.2. The largest absolute Gasteiger partial charge is 0.359 e. The molecule has 1 aliphatic carbocycles. The molecule has 1 fully saturated rings. The number of anilines is 1. The molecule has 0 unspecified atom stereocenters. The van der Waals surface area contributed by atoms with E-state index in [-0.39, 0.29) is 17.1 Å². The van der Waals surface area contributed by atoms with E-state index in [1.807, 2.05) is 23.0 Å². The number of pyridine rings is 1. The van der Waals surface area contributed by atoms with E-state index in [9.17, 15) is 10.1 Å². The van der Waals surface area contributed by atoms with Crippen molar-refractivity contribution in [3.05, 3.63) is 45.9 Å². The van der Waals surface area contributed by atoms with Gasteiger partial charge in [0.1, 0.15) is 11.6 Å². The minimum atomic E-state index is -0.592. The van der Waals surface area contributed by atoms with Crippen molar-refractivity contribution in [1.82, 2.24) is 14.8 Å². The zero-order valence-electron chi connectivity index (χ0n) is 12.5. The molecule has 1 aliphatic rings. The fourth-order valence-corrected chi connectivity index (χ4v) is 2.88. The molecule has 8 nitrogen and oxygen atoms in total. The normalized spacial score (nSPS) is 14.6. The van der Waals surface area contributed by atoms with E-state index >= 15 is 0 Å². The maximum atomic E-state index is 11.1. The van der Waals surface area contributed by atoms with Crippen LogP contribution in [-0.2, 0) is 6.54 Å². The van der Waals surface area contributed by atoms with Crippen LogP contribution in [0.1, 0.15) is 43.0 Å². The lowest BCUT2D eigenvalue weighted by Gasteiger charge is -2.09. The van der Waals surface area contributed by atoms with Gasteiger partial charge in [0.15, 0.2) is 0 Å². The second-order valence-electron chi connectivity index (χ2n) is 5.50. The number of hydrogen-bond donors (Lipinski definition) is 1. The van der Waals surface area contributed by atoms with Crippen molar-refractivity contribution in [3.8, 4) is 6.07 Å². The van der Waals surface area contributed by atoms with Crippen molar-refractivity contribution >= 4 is 11.5 Å². The summed E-state index contributed by atoms with van der Waals surface area (Å²) in [6, 6.07) is 5.50. The van der Waals surface area contributed by atoms with E-state index in [0.717, 1.165) is 18.5 Å². The lowest BCUT2D eigenvalue weighted by molar-refractivity contribution is -0.384. The van der Waals surface area contributed by atoms with Gasteiger partial charge in [-0.15, -0.1) is 0 Å². The third-order valence-electron chi connectivity index (χ3n) is 4.03. The van der Waals surface area contributed by atoms with E-state index in [1.165, 1.54) is 25.1 Å². The van der Waals surface area contributed by atoms with Crippen LogP contribution in [0.2, 0.25) is 0 Å². The van der Waals surface area contributed by atoms with E-state index in [2.05, 4.69) is 15.4 Å². The second kappa shape index (κ2) is 6.44. The molecule has 0 radical (unpaired) electrons. The predicted molar refractivity (Wildman–Crippen MR) is 82.7 cm³/mol. The summed E-state index contributed by atoms with van der Waals surface area (Å²) in [5.41, 5.74) is 0.476. The Hall–Kier alpha value is -2.95. The first-order valence-corrected chi connectivity index (χ1v) is 7.50. The van der Waals surface area contributed by atoms with Crippen molar-refractivity contribution in [3.63, 3.8) is 0 Å². The molecule has 0 saturated heterocycles. The summed E-state index contributed by atoms with van der Waals surface area (Å²) in [6.07, 6.45) is 8.08. The van der Waals surface area contributed by atoms with Gasteiger partial charge < -0.3 is 5.32 Å². The fraction of sp³-hybridized carbons (Fsp3) is 0.400. The molecule has 2 aromatic heterocycles. The average molecular weight is 312 g/mol. The monoisotopic (exact) mass is 312 g/mol. The van der Waals surface area contributed by atoms with Crippen LogP contribution in [-0.4, -0.2) is 19.7 Å². The van der Waals surface area contributed by atoms with Crippen LogP contribution in [0, 0.1) is 21.4 Å². The summed E-state index contributed by atoms with van der Waals surface area (Å²) in [5, 5.41) is 27.5. The van der Waals surface area contributed by atoms with Gasteiger partial charge in [-0.05, 0) is 25.0 Å². The van der Waals surface area contributed by atoms with Gasteiger partial charge in [-0.3, -0.25) is 14.8 Å². The Bertz CT molecular complexity index is 758. The Labute approximate surface area is 132 Å². The van der Waals surface area contributed by atoms with Gasteiger partial charge >= 0.3 is 5.69 Å². The van der Waals surface area contributed by atoms with Gasteiger partial charge in [-0.2, -0.15) is 10.4 Å². The van der Waals surface area contributed by atoms with Crippen molar-refractivity contribution in [2.24, 2.45) is 0 Å². The Morgan fingerprint density at radius 1 is 1.43 bits per heavy atom. The lowest BCUT2D eigenvalue weighted by atomic mass is 10.2. The molecule has 1 saturated carbocycles. The second-order valence-corrected chi connectivity index (χ2v) is 5.50. The maximum absolute atomic E-state index is 11.1. The Balaban J connectivity index is 1.74. The summed E-state index contributed by atoms with van der Waals surface area (Å²) in [5.74, 6) is 0.0875. The molecule has 0 aromatic carbocycles. The van der Waals surface area contributed by atoms with Crippen LogP contribution >= 0.6 is 0 Å². The molecular formula is C15H16N6O2. The van der Waals surface area contributed by atoms with Gasteiger partial charge in [0.2, 0.25) is 5.82 Å². The molecule has 23 heavy (non-hydrogen) atoms. The number of nitro groups is 1. The summed E-state index contributed by atoms with van der Waals surface area (Å²) in [7, 11) is 0. The fourth-order valence-electron chi connectivity index (χ4n) is 2.88. The first-order chi connectivity index (χ1) is 11.2. The molecule has 118 valence electrons. The minimum Gasteiger partial charge on any atom is -0.359 e. The Morgan fingerprint density at radius 2 is 2.22 bits per heavy atom. The topological polar surface area (TPSA) is 110 Å². The van der Waals surface area contributed by atoms with Crippen LogP contribution in [0.15, 0.2) is 24.5 Å². The molecule has 0 aliphatic heterocycles. The first-order valence-electron chi connectivity index (χ1n) is 7.50. The SMILES string of the molecule is N#Cc1ccnc(NCc2ccn(C3CCCC3)n2)c1[N+](=O)[O-].